The number of methoxy groups -OCH3 is 1. The van der Waals surface area contributed by atoms with Crippen molar-refractivity contribution >= 4 is 17.5 Å². The second kappa shape index (κ2) is 6.29. The number of benzene rings is 1. The van der Waals surface area contributed by atoms with Crippen molar-refractivity contribution in [2.24, 2.45) is 0 Å². The molecule has 1 saturated heterocycles. The number of nitrogen functional groups attached to an aromatic ring is 2. The molecule has 2 heterocycles. The zero-order chi connectivity index (χ0) is 16.4. The molecular formula is C16H22N6O. The minimum absolute atomic E-state index is 0.173. The second-order valence-corrected chi connectivity index (χ2v) is 5.70. The summed E-state index contributed by atoms with van der Waals surface area (Å²) >= 11 is 0. The maximum absolute atomic E-state index is 5.95. The van der Waals surface area contributed by atoms with Crippen molar-refractivity contribution in [1.29, 1.82) is 0 Å². The van der Waals surface area contributed by atoms with Gasteiger partial charge in [0.15, 0.2) is 0 Å². The smallest absolute Gasteiger partial charge is 0.221 e. The summed E-state index contributed by atoms with van der Waals surface area (Å²) in [4.78, 5) is 12.7. The molecule has 1 aliphatic heterocycles. The van der Waals surface area contributed by atoms with E-state index in [0.717, 1.165) is 48.7 Å². The van der Waals surface area contributed by atoms with Gasteiger partial charge in [-0.3, -0.25) is 0 Å². The van der Waals surface area contributed by atoms with Crippen LogP contribution in [0.3, 0.4) is 0 Å². The number of anilines is 3. The summed E-state index contributed by atoms with van der Waals surface area (Å²) in [5.41, 5.74) is 14.3. The van der Waals surface area contributed by atoms with Gasteiger partial charge in [0.2, 0.25) is 5.95 Å². The lowest BCUT2D eigenvalue weighted by Crippen LogP contribution is -2.44. The van der Waals surface area contributed by atoms with E-state index < -0.39 is 0 Å². The van der Waals surface area contributed by atoms with E-state index in [1.807, 2.05) is 12.1 Å². The number of piperazine rings is 1. The molecule has 0 spiro atoms. The van der Waals surface area contributed by atoms with Crippen LogP contribution in [0.2, 0.25) is 0 Å². The number of hydrogen-bond donors (Lipinski definition) is 2. The summed E-state index contributed by atoms with van der Waals surface area (Å²) in [5.74, 6) is 1.36. The molecule has 2 aromatic rings. The van der Waals surface area contributed by atoms with Crippen LogP contribution in [0.15, 0.2) is 24.4 Å². The fraction of sp³-hybridized carbons (Fsp3) is 0.375. The first kappa shape index (κ1) is 15.4. The Morgan fingerprint density at radius 2 is 1.87 bits per heavy atom. The fourth-order valence-electron chi connectivity index (χ4n) is 2.79. The third-order valence-electron chi connectivity index (χ3n) is 4.17. The van der Waals surface area contributed by atoms with Crippen molar-refractivity contribution in [3.8, 4) is 16.9 Å². The van der Waals surface area contributed by atoms with E-state index in [9.17, 15) is 0 Å². The van der Waals surface area contributed by atoms with Gasteiger partial charge in [-0.2, -0.15) is 4.98 Å². The number of nitrogens with zero attached hydrogens (tertiary/aromatic N) is 4. The van der Waals surface area contributed by atoms with E-state index in [0.29, 0.717) is 5.82 Å². The quantitative estimate of drug-likeness (QED) is 0.875. The normalized spacial score (nSPS) is 15.7. The first-order valence-electron chi connectivity index (χ1n) is 7.58. The highest BCUT2D eigenvalue weighted by molar-refractivity contribution is 5.77. The first-order valence-corrected chi connectivity index (χ1v) is 7.58. The fourth-order valence-corrected chi connectivity index (χ4v) is 2.79. The van der Waals surface area contributed by atoms with Gasteiger partial charge in [-0.15, -0.1) is 0 Å². The topological polar surface area (TPSA) is 93.5 Å². The number of hydrogen-bond acceptors (Lipinski definition) is 7. The third-order valence-corrected chi connectivity index (χ3v) is 4.17. The highest BCUT2D eigenvalue weighted by Gasteiger charge is 2.18. The Kier molecular flexibility index (Phi) is 4.20. The summed E-state index contributed by atoms with van der Waals surface area (Å²) in [5, 5.41) is 0. The maximum Gasteiger partial charge on any atom is 0.221 e. The van der Waals surface area contributed by atoms with Crippen molar-refractivity contribution < 1.29 is 4.74 Å². The molecule has 4 N–H and O–H groups in total. The Hall–Kier alpha value is -2.54. The predicted molar refractivity (Wildman–Crippen MR) is 92.6 cm³/mol. The molecule has 0 unspecified atom stereocenters. The Morgan fingerprint density at radius 3 is 2.52 bits per heavy atom. The molecule has 7 heteroatoms. The molecule has 0 aliphatic carbocycles. The third kappa shape index (κ3) is 3.14. The van der Waals surface area contributed by atoms with Crippen LogP contribution < -0.4 is 21.1 Å². The van der Waals surface area contributed by atoms with E-state index >= 15 is 0 Å². The van der Waals surface area contributed by atoms with E-state index in [1.54, 1.807) is 13.3 Å². The SMILES string of the molecule is COc1cc(-c2cnc(N)nc2N)ccc1N1CCN(C)CC1. The maximum atomic E-state index is 5.95. The summed E-state index contributed by atoms with van der Waals surface area (Å²) in [6.45, 7) is 4.06. The largest absolute Gasteiger partial charge is 0.495 e. The first-order chi connectivity index (χ1) is 11.1. The standard InChI is InChI=1S/C16H22N6O/c1-21-5-7-22(8-6-21)13-4-3-11(9-14(13)23-2)12-10-19-16(18)20-15(12)17/h3-4,9-10H,5-8H2,1-2H3,(H4,17,18,19,20). The van der Waals surface area contributed by atoms with E-state index in [-0.39, 0.29) is 5.95 Å². The zero-order valence-corrected chi connectivity index (χ0v) is 13.5. The lowest BCUT2D eigenvalue weighted by atomic mass is 10.1. The Labute approximate surface area is 135 Å². The monoisotopic (exact) mass is 314 g/mol. The van der Waals surface area contributed by atoms with Gasteiger partial charge >= 0.3 is 0 Å². The zero-order valence-electron chi connectivity index (χ0n) is 13.5. The van der Waals surface area contributed by atoms with Gasteiger partial charge in [-0.25, -0.2) is 4.98 Å². The van der Waals surface area contributed by atoms with Crippen LogP contribution in [0.1, 0.15) is 0 Å². The van der Waals surface area contributed by atoms with Gasteiger partial charge in [-0.1, -0.05) is 6.07 Å². The van der Waals surface area contributed by atoms with Crippen molar-refractivity contribution in [3.05, 3.63) is 24.4 Å². The number of likely N-dealkylation sites (N-methyl/N-ethyl adjacent to an activating group) is 1. The molecule has 3 rings (SSSR count). The van der Waals surface area contributed by atoms with Crippen molar-refractivity contribution in [3.63, 3.8) is 0 Å². The van der Waals surface area contributed by atoms with Crippen LogP contribution in [-0.2, 0) is 0 Å². The predicted octanol–water partition coefficient (Wildman–Crippen LogP) is 1.07. The van der Waals surface area contributed by atoms with Gasteiger partial charge in [0.25, 0.3) is 0 Å². The van der Waals surface area contributed by atoms with Crippen LogP contribution in [0.5, 0.6) is 5.75 Å². The molecule has 0 atom stereocenters. The van der Waals surface area contributed by atoms with Crippen LogP contribution in [0.25, 0.3) is 11.1 Å². The lowest BCUT2D eigenvalue weighted by Gasteiger charge is -2.34. The van der Waals surface area contributed by atoms with Gasteiger partial charge in [-0.05, 0) is 24.7 Å². The Balaban J connectivity index is 1.93. The molecule has 23 heavy (non-hydrogen) atoms. The molecule has 0 radical (unpaired) electrons. The molecule has 1 aliphatic rings. The van der Waals surface area contributed by atoms with E-state index in [1.165, 1.54) is 0 Å². The molecule has 0 saturated carbocycles. The summed E-state index contributed by atoms with van der Waals surface area (Å²) < 4.78 is 5.59. The molecule has 122 valence electrons. The molecule has 7 nitrogen and oxygen atoms in total. The van der Waals surface area contributed by atoms with Gasteiger partial charge in [0.1, 0.15) is 11.6 Å². The minimum atomic E-state index is 0.173. The highest BCUT2D eigenvalue weighted by Crippen LogP contribution is 2.35. The summed E-state index contributed by atoms with van der Waals surface area (Å²) in [7, 11) is 3.82. The summed E-state index contributed by atoms with van der Waals surface area (Å²) in [6.07, 6.45) is 1.64. The van der Waals surface area contributed by atoms with Crippen LogP contribution in [-0.4, -0.2) is 55.2 Å². The number of aromatic nitrogens is 2. The molecule has 0 bridgehead atoms. The molecule has 1 aromatic carbocycles. The molecular weight excluding hydrogens is 292 g/mol. The Morgan fingerprint density at radius 1 is 1.13 bits per heavy atom. The van der Waals surface area contributed by atoms with Gasteiger partial charge in [0.05, 0.1) is 12.8 Å². The molecule has 1 fully saturated rings. The number of ether oxygens (including phenoxy) is 1. The van der Waals surface area contributed by atoms with E-state index in [2.05, 4.69) is 32.9 Å². The van der Waals surface area contributed by atoms with Crippen LogP contribution in [0, 0.1) is 0 Å². The van der Waals surface area contributed by atoms with Crippen LogP contribution >= 0.6 is 0 Å². The number of nitrogens with two attached hydrogens (primary N) is 2. The minimum Gasteiger partial charge on any atom is -0.495 e. The average Bonchev–Trinajstić information content (AvgIpc) is 2.55. The van der Waals surface area contributed by atoms with Crippen molar-refractivity contribution in [2.45, 2.75) is 0 Å². The lowest BCUT2D eigenvalue weighted by molar-refractivity contribution is 0.311. The highest BCUT2D eigenvalue weighted by atomic mass is 16.5. The van der Waals surface area contributed by atoms with Crippen LogP contribution in [0.4, 0.5) is 17.5 Å². The summed E-state index contributed by atoms with van der Waals surface area (Å²) in [6, 6.07) is 6.05. The number of rotatable bonds is 3. The average molecular weight is 314 g/mol. The molecule has 0 amide bonds. The van der Waals surface area contributed by atoms with Crippen molar-refractivity contribution in [1.82, 2.24) is 14.9 Å². The van der Waals surface area contributed by atoms with Gasteiger partial charge < -0.3 is 26.0 Å². The second-order valence-electron chi connectivity index (χ2n) is 5.70. The van der Waals surface area contributed by atoms with E-state index in [4.69, 9.17) is 16.2 Å². The van der Waals surface area contributed by atoms with Gasteiger partial charge in [0, 0.05) is 37.9 Å². The van der Waals surface area contributed by atoms with Crippen molar-refractivity contribution in [2.75, 3.05) is 56.7 Å². The molecule has 1 aromatic heterocycles. The Bertz CT molecular complexity index is 697.